The van der Waals surface area contributed by atoms with Crippen LogP contribution in [0.1, 0.15) is 0 Å². The molecule has 49 heavy (non-hydrogen) atoms. The molecule has 0 aliphatic rings. The van der Waals surface area contributed by atoms with Crippen molar-refractivity contribution in [3.05, 3.63) is 158 Å². The minimum Gasteiger partial charge on any atom is -0.278 e. The Bertz CT molecular complexity index is 3110. The number of hydrogen-bond acceptors (Lipinski definition) is 3. The van der Waals surface area contributed by atoms with E-state index in [0.29, 0.717) is 5.95 Å². The maximum absolute atomic E-state index is 5.31. The number of rotatable bonds is 3. The van der Waals surface area contributed by atoms with Gasteiger partial charge in [0.05, 0.1) is 44.3 Å². The molecule has 0 saturated carbocycles. The highest BCUT2D eigenvalue weighted by Gasteiger charge is 2.21. The van der Waals surface area contributed by atoms with Gasteiger partial charge >= 0.3 is 0 Å². The third-order valence-electron chi connectivity index (χ3n) is 9.84. The molecule has 0 bridgehead atoms. The van der Waals surface area contributed by atoms with E-state index in [9.17, 15) is 0 Å². The average molecular weight is 627 g/mol. The third kappa shape index (κ3) is 3.68. The fourth-order valence-corrected chi connectivity index (χ4v) is 7.72. The van der Waals surface area contributed by atoms with Crippen molar-refractivity contribution in [1.29, 1.82) is 0 Å². The van der Waals surface area contributed by atoms with Crippen LogP contribution in [0.5, 0.6) is 0 Å². The monoisotopic (exact) mass is 626 g/mol. The van der Waals surface area contributed by atoms with Gasteiger partial charge in [-0.05, 0) is 65.4 Å². The van der Waals surface area contributed by atoms with Crippen molar-refractivity contribution in [2.24, 2.45) is 0 Å². The lowest BCUT2D eigenvalue weighted by Crippen LogP contribution is -2.03. The van der Waals surface area contributed by atoms with Crippen LogP contribution in [-0.2, 0) is 0 Å². The van der Waals surface area contributed by atoms with Gasteiger partial charge < -0.3 is 0 Å². The van der Waals surface area contributed by atoms with Gasteiger partial charge in [-0.1, -0.05) is 103 Å². The Morgan fingerprint density at radius 3 is 1.98 bits per heavy atom. The molecule has 0 fully saturated rings. The lowest BCUT2D eigenvalue weighted by Gasteiger charge is -2.12. The largest absolute Gasteiger partial charge is 0.278 e. The fourth-order valence-electron chi connectivity index (χ4n) is 7.72. The molecule has 0 radical (unpaired) electrons. The Morgan fingerprint density at radius 2 is 1.10 bits per heavy atom. The summed E-state index contributed by atoms with van der Waals surface area (Å²) in [6, 6.07) is 55.3. The Balaban J connectivity index is 1.26. The minimum absolute atomic E-state index is 0.647. The van der Waals surface area contributed by atoms with E-state index in [0.717, 1.165) is 72.1 Å². The first-order chi connectivity index (χ1) is 24.3. The molecule has 0 atom stereocenters. The predicted octanol–water partition coefficient (Wildman–Crippen LogP) is 10.3. The number of fused-ring (bicyclic) bond motifs is 11. The Hall–Kier alpha value is -6.79. The standard InChI is InChI=1S/C43H26N6/c1-2-13-28(14-3-1)41-31-16-6-7-17-33(31)44-42(46-41)48-35-25-23-29(26-32(35)40-30-15-5-4-12-27(30)22-24-39(40)48)47-37-20-10-11-21-38(37)49-36-19-9-8-18-34(36)45-43(47)49/h1-26H. The van der Waals surface area contributed by atoms with Crippen molar-refractivity contribution in [2.75, 3.05) is 0 Å². The normalized spacial score (nSPS) is 12.1. The van der Waals surface area contributed by atoms with Crippen LogP contribution in [0.3, 0.4) is 0 Å². The molecule has 6 nitrogen and oxygen atoms in total. The lowest BCUT2D eigenvalue weighted by atomic mass is 10.0. The highest BCUT2D eigenvalue weighted by atomic mass is 15.2. The first-order valence-corrected chi connectivity index (χ1v) is 16.5. The van der Waals surface area contributed by atoms with Gasteiger partial charge in [-0.3, -0.25) is 13.5 Å². The van der Waals surface area contributed by atoms with Crippen molar-refractivity contribution in [1.82, 2.24) is 28.5 Å². The quantitative estimate of drug-likeness (QED) is 0.196. The van der Waals surface area contributed by atoms with Gasteiger partial charge in [0.1, 0.15) is 0 Å². The van der Waals surface area contributed by atoms with Crippen molar-refractivity contribution in [3.8, 4) is 22.9 Å². The smallest absolute Gasteiger partial charge is 0.235 e. The topological polar surface area (TPSA) is 52.9 Å². The van der Waals surface area contributed by atoms with Crippen LogP contribution in [0.4, 0.5) is 0 Å². The minimum atomic E-state index is 0.647. The molecule has 4 heterocycles. The molecule has 7 aromatic carbocycles. The van der Waals surface area contributed by atoms with Crippen LogP contribution in [0.25, 0.3) is 94.2 Å². The molecule has 228 valence electrons. The third-order valence-corrected chi connectivity index (χ3v) is 9.84. The number of aromatic nitrogens is 6. The zero-order valence-corrected chi connectivity index (χ0v) is 26.2. The van der Waals surface area contributed by atoms with E-state index in [1.807, 2.05) is 18.2 Å². The summed E-state index contributed by atoms with van der Waals surface area (Å²) in [4.78, 5) is 15.6. The van der Waals surface area contributed by atoms with Crippen molar-refractivity contribution in [3.63, 3.8) is 0 Å². The van der Waals surface area contributed by atoms with Crippen LogP contribution < -0.4 is 0 Å². The predicted molar refractivity (Wildman–Crippen MR) is 200 cm³/mol. The summed E-state index contributed by atoms with van der Waals surface area (Å²) < 4.78 is 6.78. The molecular formula is C43H26N6. The van der Waals surface area contributed by atoms with Crippen LogP contribution in [-0.4, -0.2) is 28.5 Å². The number of hydrogen-bond donors (Lipinski definition) is 0. The summed E-state index contributed by atoms with van der Waals surface area (Å²) in [6.07, 6.45) is 0. The molecule has 0 spiro atoms. The molecule has 4 aromatic heterocycles. The summed E-state index contributed by atoms with van der Waals surface area (Å²) in [5.74, 6) is 1.54. The SMILES string of the molecule is c1ccc(-c2nc(-n3c4ccc(-n5c6ccccc6n6c7ccccc7nc56)cc4c4c5ccccc5ccc43)nc3ccccc23)cc1. The molecule has 11 aromatic rings. The molecule has 0 saturated heterocycles. The second-order valence-electron chi connectivity index (χ2n) is 12.5. The second kappa shape index (κ2) is 9.86. The van der Waals surface area contributed by atoms with Crippen LogP contribution in [0.15, 0.2) is 158 Å². The van der Waals surface area contributed by atoms with Gasteiger partial charge in [-0.15, -0.1) is 0 Å². The maximum Gasteiger partial charge on any atom is 0.235 e. The van der Waals surface area contributed by atoms with E-state index in [1.54, 1.807) is 0 Å². The molecule has 6 heteroatoms. The molecule has 0 aliphatic heterocycles. The number of benzene rings is 7. The van der Waals surface area contributed by atoms with Crippen LogP contribution in [0.2, 0.25) is 0 Å². The van der Waals surface area contributed by atoms with E-state index in [2.05, 4.69) is 153 Å². The van der Waals surface area contributed by atoms with Gasteiger partial charge in [-0.25, -0.2) is 15.0 Å². The lowest BCUT2D eigenvalue weighted by molar-refractivity contribution is 1.01. The van der Waals surface area contributed by atoms with E-state index in [-0.39, 0.29) is 0 Å². The average Bonchev–Trinajstić information content (AvgIpc) is 3.81. The van der Waals surface area contributed by atoms with Gasteiger partial charge in [0, 0.05) is 27.4 Å². The summed E-state index contributed by atoms with van der Waals surface area (Å²) in [7, 11) is 0. The van der Waals surface area contributed by atoms with E-state index in [4.69, 9.17) is 15.0 Å². The molecule has 0 unspecified atom stereocenters. The summed E-state index contributed by atoms with van der Waals surface area (Å²) in [5.41, 5.74) is 10.3. The highest BCUT2D eigenvalue weighted by molar-refractivity contribution is 6.21. The highest BCUT2D eigenvalue weighted by Crippen LogP contribution is 2.39. The first kappa shape index (κ1) is 26.3. The molecule has 0 amide bonds. The van der Waals surface area contributed by atoms with Gasteiger partial charge in [-0.2, -0.15) is 0 Å². The van der Waals surface area contributed by atoms with Crippen molar-refractivity contribution in [2.45, 2.75) is 0 Å². The number of imidazole rings is 2. The Morgan fingerprint density at radius 1 is 0.408 bits per heavy atom. The zero-order chi connectivity index (χ0) is 32.1. The van der Waals surface area contributed by atoms with Gasteiger partial charge in [0.2, 0.25) is 11.7 Å². The summed E-state index contributed by atoms with van der Waals surface area (Å²) in [6.45, 7) is 0. The number of para-hydroxylation sites is 5. The first-order valence-electron chi connectivity index (χ1n) is 16.5. The van der Waals surface area contributed by atoms with E-state index < -0.39 is 0 Å². The van der Waals surface area contributed by atoms with Gasteiger partial charge in [0.25, 0.3) is 0 Å². The Kier molecular flexibility index (Phi) is 5.29. The second-order valence-corrected chi connectivity index (χ2v) is 12.5. The molecular weight excluding hydrogens is 601 g/mol. The van der Waals surface area contributed by atoms with E-state index in [1.165, 1.54) is 16.2 Å². The number of nitrogens with zero attached hydrogens (tertiary/aromatic N) is 6. The maximum atomic E-state index is 5.31. The van der Waals surface area contributed by atoms with Crippen molar-refractivity contribution < 1.29 is 0 Å². The Labute approximate surface area is 279 Å². The summed E-state index contributed by atoms with van der Waals surface area (Å²) >= 11 is 0. The molecule has 11 rings (SSSR count). The summed E-state index contributed by atoms with van der Waals surface area (Å²) in [5, 5.41) is 5.72. The molecule has 0 N–H and O–H groups in total. The van der Waals surface area contributed by atoms with Crippen LogP contribution >= 0.6 is 0 Å². The zero-order valence-electron chi connectivity index (χ0n) is 26.2. The van der Waals surface area contributed by atoms with Gasteiger partial charge in [0.15, 0.2) is 0 Å². The van der Waals surface area contributed by atoms with Crippen LogP contribution in [0, 0.1) is 0 Å². The van der Waals surface area contributed by atoms with Crippen molar-refractivity contribution >= 4 is 71.3 Å². The fraction of sp³-hybridized carbons (Fsp3) is 0. The van der Waals surface area contributed by atoms with E-state index >= 15 is 0 Å². The molecule has 0 aliphatic carbocycles.